The van der Waals surface area contributed by atoms with Gasteiger partial charge in [-0.15, -0.1) is 0 Å². The molecule has 1 N–H and O–H groups in total. The summed E-state index contributed by atoms with van der Waals surface area (Å²) in [5.41, 5.74) is -4.09. The van der Waals surface area contributed by atoms with Gasteiger partial charge < -0.3 is 14.5 Å². The van der Waals surface area contributed by atoms with Gasteiger partial charge in [0.15, 0.2) is 17.3 Å². The standard InChI is InChI=1S/C21H14ClF5N4O4/c1-34-8-13-3-2-10(18(32)30-13)7-31-9-29-17(21(26,27)20(24)25)16(19(31)33)35-14-5-12(22)4-11(6-28)15(14)23/h2-5,9,20H,7-8H2,1H3,(H,30,32). The van der Waals surface area contributed by atoms with Gasteiger partial charge in [-0.05, 0) is 18.2 Å². The van der Waals surface area contributed by atoms with E-state index in [9.17, 15) is 31.5 Å². The molecule has 1 aromatic carbocycles. The van der Waals surface area contributed by atoms with Crippen LogP contribution in [0.1, 0.15) is 22.5 Å². The fraction of sp³-hybridized carbons (Fsp3) is 0.238. The van der Waals surface area contributed by atoms with Gasteiger partial charge in [0, 0.05) is 29.5 Å². The molecule has 0 atom stereocenters. The van der Waals surface area contributed by atoms with Crippen molar-refractivity contribution in [1.29, 1.82) is 5.26 Å². The third kappa shape index (κ3) is 5.33. The zero-order valence-corrected chi connectivity index (χ0v) is 18.4. The molecular weight excluding hydrogens is 503 g/mol. The molecular formula is C21H14ClF5N4O4. The Bertz CT molecular complexity index is 1420. The maximum absolute atomic E-state index is 14.5. The minimum Gasteiger partial charge on any atom is -0.446 e. The highest BCUT2D eigenvalue weighted by Gasteiger charge is 2.48. The number of nitrogens with zero attached hydrogens (tertiary/aromatic N) is 3. The van der Waals surface area contributed by atoms with Gasteiger partial charge in [-0.1, -0.05) is 11.6 Å². The van der Waals surface area contributed by atoms with Gasteiger partial charge in [-0.25, -0.2) is 18.2 Å². The van der Waals surface area contributed by atoms with E-state index in [4.69, 9.17) is 26.3 Å². The van der Waals surface area contributed by atoms with Crippen molar-refractivity contribution in [2.24, 2.45) is 0 Å². The summed E-state index contributed by atoms with van der Waals surface area (Å²) >= 11 is 5.77. The number of methoxy groups -OCH3 is 1. The van der Waals surface area contributed by atoms with Crippen LogP contribution in [0.5, 0.6) is 11.5 Å². The highest BCUT2D eigenvalue weighted by molar-refractivity contribution is 6.30. The second-order valence-electron chi connectivity index (χ2n) is 7.03. The van der Waals surface area contributed by atoms with Gasteiger partial charge in [0.2, 0.25) is 5.75 Å². The van der Waals surface area contributed by atoms with Gasteiger partial charge in [0.25, 0.3) is 11.1 Å². The number of alkyl halides is 4. The van der Waals surface area contributed by atoms with E-state index < -0.39 is 58.6 Å². The lowest BCUT2D eigenvalue weighted by molar-refractivity contribution is -0.139. The summed E-state index contributed by atoms with van der Waals surface area (Å²) in [5, 5.41) is 8.73. The first-order valence-corrected chi connectivity index (χ1v) is 9.90. The Morgan fingerprint density at radius 3 is 2.60 bits per heavy atom. The molecule has 0 saturated heterocycles. The smallest absolute Gasteiger partial charge is 0.352 e. The van der Waals surface area contributed by atoms with Crippen LogP contribution in [0.15, 0.2) is 40.2 Å². The van der Waals surface area contributed by atoms with E-state index >= 15 is 0 Å². The molecule has 184 valence electrons. The van der Waals surface area contributed by atoms with Crippen LogP contribution in [-0.4, -0.2) is 28.1 Å². The molecule has 0 aliphatic rings. The van der Waals surface area contributed by atoms with Crippen molar-refractivity contribution in [1.82, 2.24) is 14.5 Å². The predicted octanol–water partition coefficient (Wildman–Crippen LogP) is 3.94. The first kappa shape index (κ1) is 25.9. The molecule has 0 unspecified atom stereocenters. The molecule has 8 nitrogen and oxygen atoms in total. The van der Waals surface area contributed by atoms with E-state index in [1.54, 1.807) is 0 Å². The van der Waals surface area contributed by atoms with Crippen LogP contribution < -0.4 is 15.9 Å². The van der Waals surface area contributed by atoms with E-state index in [1.807, 2.05) is 0 Å². The van der Waals surface area contributed by atoms with Crippen molar-refractivity contribution in [3.05, 3.63) is 84.7 Å². The monoisotopic (exact) mass is 516 g/mol. The number of H-pyrrole nitrogens is 1. The minimum absolute atomic E-state index is 0.0197. The maximum atomic E-state index is 14.5. The molecule has 0 bridgehead atoms. The van der Waals surface area contributed by atoms with Crippen LogP contribution in [0.4, 0.5) is 22.0 Å². The van der Waals surface area contributed by atoms with Gasteiger partial charge >= 0.3 is 12.3 Å². The van der Waals surface area contributed by atoms with Gasteiger partial charge in [0.1, 0.15) is 6.07 Å². The molecule has 3 aromatic rings. The number of nitrogens with one attached hydrogen (secondary N) is 1. The second-order valence-corrected chi connectivity index (χ2v) is 7.47. The van der Waals surface area contributed by atoms with Crippen LogP contribution in [0.25, 0.3) is 0 Å². The number of aromatic nitrogens is 3. The number of rotatable bonds is 8. The highest BCUT2D eigenvalue weighted by Crippen LogP contribution is 2.39. The molecule has 0 amide bonds. The third-order valence-corrected chi connectivity index (χ3v) is 4.83. The summed E-state index contributed by atoms with van der Waals surface area (Å²) < 4.78 is 79.6. The average Bonchev–Trinajstić information content (AvgIpc) is 2.80. The van der Waals surface area contributed by atoms with Crippen molar-refractivity contribution < 1.29 is 31.4 Å². The average molecular weight is 517 g/mol. The zero-order chi connectivity index (χ0) is 25.9. The zero-order valence-electron chi connectivity index (χ0n) is 17.6. The number of nitriles is 1. The summed E-state index contributed by atoms with van der Waals surface area (Å²) in [4.78, 5) is 31.0. The van der Waals surface area contributed by atoms with Gasteiger partial charge in [0.05, 0.1) is 25.0 Å². The SMILES string of the molecule is COCc1ccc(Cn2cnc(C(F)(F)C(F)F)c(Oc3cc(Cl)cc(C#N)c3F)c2=O)c(=O)[nH]1. The third-order valence-electron chi connectivity index (χ3n) is 4.61. The van der Waals surface area contributed by atoms with Crippen molar-refractivity contribution >= 4 is 11.6 Å². The molecule has 0 fully saturated rings. The summed E-state index contributed by atoms with van der Waals surface area (Å²) in [6, 6.07) is 5.92. The fourth-order valence-electron chi connectivity index (χ4n) is 2.94. The Morgan fingerprint density at radius 1 is 1.29 bits per heavy atom. The molecule has 0 aliphatic heterocycles. The van der Waals surface area contributed by atoms with Crippen molar-refractivity contribution in [3.8, 4) is 17.6 Å². The lowest BCUT2D eigenvalue weighted by atomic mass is 10.2. The van der Waals surface area contributed by atoms with E-state index in [2.05, 4.69) is 9.97 Å². The van der Waals surface area contributed by atoms with Crippen LogP contribution in [0, 0.1) is 17.1 Å². The number of benzene rings is 1. The first-order chi connectivity index (χ1) is 16.5. The number of halogens is 6. The van der Waals surface area contributed by atoms with Crippen LogP contribution in [0.2, 0.25) is 5.02 Å². The fourth-order valence-corrected chi connectivity index (χ4v) is 3.15. The highest BCUT2D eigenvalue weighted by atomic mass is 35.5. The number of pyridine rings is 1. The van der Waals surface area contributed by atoms with E-state index in [1.165, 1.54) is 25.3 Å². The molecule has 2 aromatic heterocycles. The quantitative estimate of drug-likeness (QED) is 0.454. The molecule has 0 saturated carbocycles. The molecule has 0 spiro atoms. The Hall–Kier alpha value is -3.76. The van der Waals surface area contributed by atoms with Crippen molar-refractivity contribution in [2.45, 2.75) is 25.5 Å². The Kier molecular flexibility index (Phi) is 7.57. The molecule has 14 heteroatoms. The lowest BCUT2D eigenvalue weighted by Gasteiger charge is -2.19. The van der Waals surface area contributed by atoms with E-state index in [0.29, 0.717) is 16.6 Å². The summed E-state index contributed by atoms with van der Waals surface area (Å²) in [5.74, 6) is -8.71. The first-order valence-electron chi connectivity index (χ1n) is 9.52. The largest absolute Gasteiger partial charge is 0.446 e. The summed E-state index contributed by atoms with van der Waals surface area (Å²) in [6.45, 7) is -0.435. The number of ether oxygens (including phenoxy) is 2. The minimum atomic E-state index is -4.96. The number of aromatic amines is 1. The van der Waals surface area contributed by atoms with E-state index in [-0.39, 0.29) is 17.2 Å². The molecule has 2 heterocycles. The lowest BCUT2D eigenvalue weighted by Crippen LogP contribution is -2.32. The summed E-state index contributed by atoms with van der Waals surface area (Å²) in [6.07, 6.45) is -3.76. The Morgan fingerprint density at radius 2 is 2.00 bits per heavy atom. The molecule has 35 heavy (non-hydrogen) atoms. The molecule has 0 radical (unpaired) electrons. The number of hydrogen-bond donors (Lipinski definition) is 1. The number of hydrogen-bond acceptors (Lipinski definition) is 6. The van der Waals surface area contributed by atoms with Gasteiger partial charge in [-0.3, -0.25) is 14.2 Å². The van der Waals surface area contributed by atoms with Crippen LogP contribution >= 0.6 is 11.6 Å². The topological polar surface area (TPSA) is 110 Å². The second kappa shape index (κ2) is 10.2. The normalized spacial score (nSPS) is 11.5. The van der Waals surface area contributed by atoms with Crippen molar-refractivity contribution in [3.63, 3.8) is 0 Å². The molecule has 3 rings (SSSR count). The van der Waals surface area contributed by atoms with Crippen LogP contribution in [0.3, 0.4) is 0 Å². The van der Waals surface area contributed by atoms with Crippen molar-refractivity contribution in [2.75, 3.05) is 7.11 Å². The maximum Gasteiger partial charge on any atom is 0.352 e. The van der Waals surface area contributed by atoms with Gasteiger partial charge in [-0.2, -0.15) is 14.0 Å². The Balaban J connectivity index is 2.15. The Labute approximate surface area is 198 Å². The van der Waals surface area contributed by atoms with Crippen LogP contribution in [-0.2, 0) is 23.8 Å². The summed E-state index contributed by atoms with van der Waals surface area (Å²) in [7, 11) is 1.40. The predicted molar refractivity (Wildman–Crippen MR) is 111 cm³/mol. The van der Waals surface area contributed by atoms with E-state index in [0.717, 1.165) is 12.1 Å². The molecule has 0 aliphatic carbocycles.